The van der Waals surface area contributed by atoms with Crippen molar-refractivity contribution in [2.75, 3.05) is 5.32 Å². The Hall–Kier alpha value is -2.56. The van der Waals surface area contributed by atoms with E-state index >= 15 is 0 Å². The molecule has 0 bridgehead atoms. The Labute approximate surface area is 123 Å². The van der Waals surface area contributed by atoms with Crippen LogP contribution in [0.5, 0.6) is 0 Å². The van der Waals surface area contributed by atoms with Crippen molar-refractivity contribution in [1.82, 2.24) is 4.98 Å². The molecule has 0 saturated carbocycles. The smallest absolute Gasteiger partial charge is 0.261 e. The van der Waals surface area contributed by atoms with E-state index in [0.717, 1.165) is 0 Å². The Balaban J connectivity index is 2.48. The summed E-state index contributed by atoms with van der Waals surface area (Å²) >= 11 is 0. The zero-order chi connectivity index (χ0) is 15.5. The van der Waals surface area contributed by atoms with Crippen LogP contribution in [0.2, 0.25) is 0 Å². The van der Waals surface area contributed by atoms with Gasteiger partial charge in [-0.1, -0.05) is 18.2 Å². The second-order valence-corrected chi connectivity index (χ2v) is 5.80. The quantitative estimate of drug-likeness (QED) is 0.598. The molecule has 0 radical (unpaired) electrons. The number of aromatic amines is 1. The Morgan fingerprint density at radius 1 is 1.19 bits per heavy atom. The summed E-state index contributed by atoms with van der Waals surface area (Å²) in [6.07, 6.45) is 1.59. The number of nitrogens with two attached hydrogens (primary N) is 1. The molecule has 0 spiro atoms. The lowest BCUT2D eigenvalue weighted by molar-refractivity contribution is 0.633. The molecular weight excluding hydrogens is 264 g/mol. The maximum Gasteiger partial charge on any atom is 0.261 e. The number of amidine groups is 1. The van der Waals surface area contributed by atoms with Crippen molar-refractivity contribution >= 4 is 17.2 Å². The number of benzene rings is 1. The normalized spacial score (nSPS) is 12.2. The lowest BCUT2D eigenvalue weighted by Gasteiger charge is -2.23. The molecule has 4 N–H and O–H groups in total. The van der Waals surface area contributed by atoms with Crippen LogP contribution in [0.15, 0.2) is 52.4 Å². The van der Waals surface area contributed by atoms with Crippen molar-refractivity contribution in [3.05, 3.63) is 58.5 Å². The van der Waals surface area contributed by atoms with E-state index in [4.69, 9.17) is 5.73 Å². The van der Waals surface area contributed by atoms with Gasteiger partial charge in [0.2, 0.25) is 0 Å². The van der Waals surface area contributed by atoms with Crippen LogP contribution in [0.25, 0.3) is 0 Å². The molecule has 2 aromatic rings. The van der Waals surface area contributed by atoms with Crippen LogP contribution >= 0.6 is 0 Å². The molecule has 1 aromatic heterocycles. The minimum atomic E-state index is -0.263. The summed E-state index contributed by atoms with van der Waals surface area (Å²) in [5.74, 6) is 0.190. The van der Waals surface area contributed by atoms with E-state index in [0.29, 0.717) is 16.9 Å². The lowest BCUT2D eigenvalue weighted by Crippen LogP contribution is -2.32. The lowest BCUT2D eigenvalue weighted by atomic mass is 10.1. The van der Waals surface area contributed by atoms with Gasteiger partial charge in [0.05, 0.1) is 11.4 Å². The number of rotatable bonds is 3. The Bertz CT molecular complexity index is 696. The van der Waals surface area contributed by atoms with Gasteiger partial charge in [-0.3, -0.25) is 4.79 Å². The van der Waals surface area contributed by atoms with Gasteiger partial charge in [-0.05, 0) is 39.0 Å². The fourth-order valence-corrected chi connectivity index (χ4v) is 1.94. The first-order chi connectivity index (χ1) is 9.87. The molecule has 110 valence electrons. The third-order valence-electron chi connectivity index (χ3n) is 2.73. The largest absolute Gasteiger partial charge is 0.383 e. The van der Waals surface area contributed by atoms with E-state index in [9.17, 15) is 4.79 Å². The van der Waals surface area contributed by atoms with Crippen LogP contribution < -0.4 is 16.6 Å². The number of hydrogen-bond acceptors (Lipinski definition) is 3. The first-order valence-electron chi connectivity index (χ1n) is 6.76. The second-order valence-electron chi connectivity index (χ2n) is 5.80. The molecule has 0 aliphatic carbocycles. The predicted octanol–water partition coefficient (Wildman–Crippen LogP) is 2.62. The Morgan fingerprint density at radius 2 is 1.86 bits per heavy atom. The molecule has 2 rings (SSSR count). The van der Waals surface area contributed by atoms with E-state index in [-0.39, 0.29) is 16.9 Å². The van der Waals surface area contributed by atoms with Crippen molar-refractivity contribution in [2.45, 2.75) is 26.3 Å². The summed E-state index contributed by atoms with van der Waals surface area (Å²) in [5, 5.41) is 3.28. The van der Waals surface area contributed by atoms with E-state index in [1.807, 2.05) is 51.1 Å². The van der Waals surface area contributed by atoms with Crippen LogP contribution in [-0.2, 0) is 0 Å². The number of nitrogens with one attached hydrogen (secondary N) is 2. The molecule has 1 aromatic carbocycles. The maximum absolute atomic E-state index is 12.1. The molecule has 5 nitrogen and oxygen atoms in total. The average molecular weight is 284 g/mol. The summed E-state index contributed by atoms with van der Waals surface area (Å²) in [6, 6.07) is 11.1. The molecule has 0 atom stereocenters. The van der Waals surface area contributed by atoms with E-state index in [1.54, 1.807) is 12.3 Å². The highest BCUT2D eigenvalue weighted by atomic mass is 16.1. The number of H-pyrrole nitrogens is 1. The van der Waals surface area contributed by atoms with Gasteiger partial charge in [0.1, 0.15) is 11.4 Å². The first kappa shape index (κ1) is 14.8. The number of para-hydroxylation sites is 1. The van der Waals surface area contributed by atoms with E-state index in [1.165, 1.54) is 0 Å². The van der Waals surface area contributed by atoms with Crippen LogP contribution in [-0.4, -0.2) is 16.4 Å². The van der Waals surface area contributed by atoms with Gasteiger partial charge >= 0.3 is 0 Å². The van der Waals surface area contributed by atoms with Crippen LogP contribution in [0.3, 0.4) is 0 Å². The number of aromatic nitrogens is 1. The van der Waals surface area contributed by atoms with Crippen molar-refractivity contribution in [3.8, 4) is 0 Å². The molecule has 21 heavy (non-hydrogen) atoms. The average Bonchev–Trinajstić information content (AvgIpc) is 2.37. The molecule has 0 unspecified atom stereocenters. The van der Waals surface area contributed by atoms with Gasteiger partial charge in [-0.25, -0.2) is 4.99 Å². The van der Waals surface area contributed by atoms with Gasteiger partial charge < -0.3 is 16.0 Å². The monoisotopic (exact) mass is 284 g/mol. The highest BCUT2D eigenvalue weighted by molar-refractivity contribution is 6.03. The highest BCUT2D eigenvalue weighted by Crippen LogP contribution is 2.18. The summed E-state index contributed by atoms with van der Waals surface area (Å²) < 4.78 is 0. The number of nitrogens with zero attached hydrogens (tertiary/aromatic N) is 1. The minimum Gasteiger partial charge on any atom is -0.383 e. The zero-order valence-corrected chi connectivity index (χ0v) is 12.5. The Kier molecular flexibility index (Phi) is 4.12. The van der Waals surface area contributed by atoms with Crippen LogP contribution in [0, 0.1) is 0 Å². The van der Waals surface area contributed by atoms with Crippen LogP contribution in [0.4, 0.5) is 11.4 Å². The van der Waals surface area contributed by atoms with Crippen molar-refractivity contribution in [3.63, 3.8) is 0 Å². The number of aliphatic imine (C=N–C) groups is 1. The van der Waals surface area contributed by atoms with Gasteiger partial charge in [-0.2, -0.15) is 0 Å². The van der Waals surface area contributed by atoms with E-state index in [2.05, 4.69) is 15.3 Å². The zero-order valence-electron chi connectivity index (χ0n) is 12.5. The fraction of sp³-hybridized carbons (Fsp3) is 0.250. The maximum atomic E-state index is 12.1. The molecule has 1 heterocycles. The number of pyridine rings is 1. The van der Waals surface area contributed by atoms with Gasteiger partial charge in [-0.15, -0.1) is 0 Å². The first-order valence-corrected chi connectivity index (χ1v) is 6.76. The standard InChI is InChI=1S/C16H20N4O/c1-16(2,3)20-12-9-10-18-15(21)13(12)14(17)19-11-7-5-4-6-8-11/h4-10H,1-3H3,(H2,17,19)(H2,18,20,21). The molecule has 0 saturated heterocycles. The number of hydrogen-bond donors (Lipinski definition) is 3. The van der Waals surface area contributed by atoms with Gasteiger partial charge in [0.15, 0.2) is 0 Å². The predicted molar refractivity (Wildman–Crippen MR) is 87.3 cm³/mol. The molecule has 5 heteroatoms. The van der Waals surface area contributed by atoms with Crippen molar-refractivity contribution < 1.29 is 0 Å². The van der Waals surface area contributed by atoms with Crippen LogP contribution in [0.1, 0.15) is 26.3 Å². The van der Waals surface area contributed by atoms with Crippen molar-refractivity contribution in [2.24, 2.45) is 10.7 Å². The topological polar surface area (TPSA) is 83.3 Å². The minimum absolute atomic E-state index is 0.185. The highest BCUT2D eigenvalue weighted by Gasteiger charge is 2.16. The number of anilines is 1. The summed E-state index contributed by atoms with van der Waals surface area (Å²) in [4.78, 5) is 19.1. The van der Waals surface area contributed by atoms with Crippen molar-refractivity contribution in [1.29, 1.82) is 0 Å². The summed E-state index contributed by atoms with van der Waals surface area (Å²) in [6.45, 7) is 6.05. The van der Waals surface area contributed by atoms with Gasteiger partial charge in [0.25, 0.3) is 5.56 Å². The third-order valence-corrected chi connectivity index (χ3v) is 2.73. The third kappa shape index (κ3) is 3.95. The molecule has 0 amide bonds. The summed E-state index contributed by atoms with van der Waals surface area (Å²) in [5.41, 5.74) is 7.33. The molecule has 0 aliphatic heterocycles. The summed E-state index contributed by atoms with van der Waals surface area (Å²) in [7, 11) is 0. The van der Waals surface area contributed by atoms with E-state index < -0.39 is 0 Å². The molecule has 0 fully saturated rings. The molecular formula is C16H20N4O. The molecule has 0 aliphatic rings. The Morgan fingerprint density at radius 3 is 2.48 bits per heavy atom. The fourth-order valence-electron chi connectivity index (χ4n) is 1.94. The SMILES string of the molecule is CC(C)(C)Nc1cc[nH]c(=O)c1C(N)=Nc1ccccc1. The second kappa shape index (κ2) is 5.83. The van der Waals surface area contributed by atoms with Gasteiger partial charge in [0, 0.05) is 11.7 Å².